The molecule has 0 aliphatic heterocycles. The third kappa shape index (κ3) is 5.25. The molecule has 3 unspecified atom stereocenters. The highest BCUT2D eigenvalue weighted by atomic mass is 31.2. The van der Waals surface area contributed by atoms with Crippen LogP contribution in [-0.2, 0) is 32.9 Å². The van der Waals surface area contributed by atoms with Crippen molar-refractivity contribution in [2.75, 3.05) is 7.05 Å². The molecule has 1 N–H and O–H groups in total. The van der Waals surface area contributed by atoms with Gasteiger partial charge in [-0.05, 0) is 78.0 Å². The van der Waals surface area contributed by atoms with E-state index in [0.717, 1.165) is 65.5 Å². The van der Waals surface area contributed by atoms with E-state index in [1.165, 1.54) is 18.2 Å². The van der Waals surface area contributed by atoms with E-state index in [-0.39, 0.29) is 0 Å². The van der Waals surface area contributed by atoms with Crippen LogP contribution in [0.4, 0.5) is 0 Å². The maximum atomic E-state index is 14.5. The van der Waals surface area contributed by atoms with Crippen LogP contribution >= 0.6 is 7.75 Å². The summed E-state index contributed by atoms with van der Waals surface area (Å²) in [5, 5.41) is 13.1. The van der Waals surface area contributed by atoms with Crippen LogP contribution < -0.4 is 4.83 Å². The highest BCUT2D eigenvalue weighted by Crippen LogP contribution is 2.50. The Balaban J connectivity index is 1.46. The number of fused-ring (bicyclic) bond motifs is 3. The van der Waals surface area contributed by atoms with E-state index in [1.54, 1.807) is 0 Å². The van der Waals surface area contributed by atoms with Crippen molar-refractivity contribution in [2.45, 2.75) is 39.0 Å². The highest BCUT2D eigenvalue weighted by molar-refractivity contribution is 7.47. The number of hydroxylamine groups is 1. The predicted molar refractivity (Wildman–Crippen MR) is 161 cm³/mol. The van der Waals surface area contributed by atoms with Gasteiger partial charge in [-0.2, -0.15) is 4.57 Å². The van der Waals surface area contributed by atoms with Crippen molar-refractivity contribution in [3.05, 3.63) is 141 Å². The molecule has 0 aromatic heterocycles. The first-order chi connectivity index (χ1) is 19.4. The molecule has 3 aromatic rings. The summed E-state index contributed by atoms with van der Waals surface area (Å²) in [6.45, 7) is 2.24. The van der Waals surface area contributed by atoms with Gasteiger partial charge in [-0.1, -0.05) is 97.4 Å². The summed E-state index contributed by atoms with van der Waals surface area (Å²) in [6, 6.07) is 24.0. The summed E-state index contributed by atoms with van der Waals surface area (Å²) in [6.07, 6.45) is 12.6. The summed E-state index contributed by atoms with van der Waals surface area (Å²) < 4.78 is 27.1. The summed E-state index contributed by atoms with van der Waals surface area (Å²) in [5.74, 6) is 1.20. The number of nitrogens with one attached hydrogen (secondary N) is 1. The third-order valence-corrected chi connectivity index (χ3v) is 9.74. The second-order valence-electron chi connectivity index (χ2n) is 10.7. The Hall–Kier alpha value is -3.63. The molecular formula is C34H34NO4P. The fraction of sp³-hybridized carbons (Fsp3) is 0.235. The quantitative estimate of drug-likeness (QED) is 0.267. The standard InChI is InChI=1S/C34H34NO4P/c1-24-10-9-15-29-23-34(32-17-8-6-13-27(32)20-21-30(24)29)39-40(37,35(2)36)38-33-22-28-14-4-3-11-25(28)18-19-26-12-5-7-16-31(26)33/h3-9,11-17,22-24,35H,10,18-21H2,1-2H3. The maximum Gasteiger partial charge on any atom is 0.642 e. The summed E-state index contributed by atoms with van der Waals surface area (Å²) in [4.78, 5) is -0.636. The van der Waals surface area contributed by atoms with Gasteiger partial charge in [-0.15, -0.1) is 0 Å². The zero-order chi connectivity index (χ0) is 27.7. The SMILES string of the molecule is CC1CC=CC2=C1CCc1ccccc1C(OP(=O)(OC1=Cc3ccccc3CCc3ccccc31)[NH+](C)[O-])=C2. The van der Waals surface area contributed by atoms with Gasteiger partial charge in [-0.3, -0.25) is 4.83 Å². The zero-order valence-electron chi connectivity index (χ0n) is 22.9. The molecule has 0 spiro atoms. The minimum atomic E-state index is -4.30. The average molecular weight is 552 g/mol. The molecule has 204 valence electrons. The minimum Gasteiger partial charge on any atom is -0.626 e. The van der Waals surface area contributed by atoms with E-state index in [1.807, 2.05) is 66.7 Å². The average Bonchev–Trinajstić information content (AvgIpc) is 2.94. The number of hydrogen-bond donors (Lipinski definition) is 1. The van der Waals surface area contributed by atoms with Gasteiger partial charge in [0, 0.05) is 11.1 Å². The second kappa shape index (κ2) is 11.1. The van der Waals surface area contributed by atoms with Crippen LogP contribution in [0.1, 0.15) is 53.1 Å². The maximum absolute atomic E-state index is 14.5. The normalized spacial score (nSPS) is 20.4. The van der Waals surface area contributed by atoms with Gasteiger partial charge in [-0.25, -0.2) is 0 Å². The summed E-state index contributed by atoms with van der Waals surface area (Å²) in [7, 11) is -3.02. The van der Waals surface area contributed by atoms with Crippen LogP contribution in [0.5, 0.6) is 0 Å². The molecule has 3 aliphatic rings. The highest BCUT2D eigenvalue weighted by Gasteiger charge is 2.39. The molecule has 3 atom stereocenters. The van der Waals surface area contributed by atoms with E-state index >= 15 is 0 Å². The number of allylic oxidation sites excluding steroid dienone is 5. The number of aryl methyl sites for hydroxylation is 3. The number of benzene rings is 3. The molecular weight excluding hydrogens is 517 g/mol. The van der Waals surface area contributed by atoms with Crippen molar-refractivity contribution in [3.8, 4) is 0 Å². The van der Waals surface area contributed by atoms with Crippen LogP contribution in [0.2, 0.25) is 0 Å². The van der Waals surface area contributed by atoms with E-state index in [0.29, 0.717) is 17.4 Å². The number of hydrogen-bond acceptors (Lipinski definition) is 4. The lowest BCUT2D eigenvalue weighted by molar-refractivity contribution is -0.702. The van der Waals surface area contributed by atoms with Crippen molar-refractivity contribution in [2.24, 2.45) is 5.92 Å². The summed E-state index contributed by atoms with van der Waals surface area (Å²) in [5.41, 5.74) is 8.39. The van der Waals surface area contributed by atoms with Gasteiger partial charge in [0.25, 0.3) is 0 Å². The second-order valence-corrected chi connectivity index (χ2v) is 12.7. The lowest BCUT2D eigenvalue weighted by atomic mass is 9.82. The van der Waals surface area contributed by atoms with Gasteiger partial charge >= 0.3 is 7.75 Å². The largest absolute Gasteiger partial charge is 0.642 e. The van der Waals surface area contributed by atoms with Crippen LogP contribution in [0.25, 0.3) is 17.6 Å². The first-order valence-electron chi connectivity index (χ1n) is 14.0. The Morgan fingerprint density at radius 2 is 1.32 bits per heavy atom. The first kappa shape index (κ1) is 26.6. The fourth-order valence-electron chi connectivity index (χ4n) is 5.86. The lowest BCUT2D eigenvalue weighted by Crippen LogP contribution is -2.99. The van der Waals surface area contributed by atoms with Crippen molar-refractivity contribution >= 4 is 25.3 Å². The first-order valence-corrected chi connectivity index (χ1v) is 15.5. The molecule has 0 heterocycles. The van der Waals surface area contributed by atoms with E-state index < -0.39 is 12.6 Å². The fourth-order valence-corrected chi connectivity index (χ4v) is 6.97. The Morgan fingerprint density at radius 3 is 2.00 bits per heavy atom. The Labute approximate surface area is 236 Å². The van der Waals surface area contributed by atoms with Crippen molar-refractivity contribution in [1.82, 2.24) is 0 Å². The van der Waals surface area contributed by atoms with Crippen molar-refractivity contribution < 1.29 is 18.4 Å². The molecule has 0 saturated carbocycles. The van der Waals surface area contributed by atoms with E-state index in [2.05, 4.69) is 37.3 Å². The van der Waals surface area contributed by atoms with Crippen molar-refractivity contribution in [1.29, 1.82) is 0 Å². The molecule has 6 heteroatoms. The predicted octanol–water partition coefficient (Wildman–Crippen LogP) is 7.32. The molecule has 0 bridgehead atoms. The molecule has 3 aliphatic carbocycles. The Kier molecular flexibility index (Phi) is 7.37. The Morgan fingerprint density at radius 1 is 0.775 bits per heavy atom. The van der Waals surface area contributed by atoms with Gasteiger partial charge < -0.3 is 14.3 Å². The van der Waals surface area contributed by atoms with E-state index in [4.69, 9.17) is 9.05 Å². The third-order valence-electron chi connectivity index (χ3n) is 8.10. The van der Waals surface area contributed by atoms with Crippen LogP contribution in [0.3, 0.4) is 0 Å². The number of rotatable bonds is 5. The minimum absolute atomic E-state index is 0.382. The van der Waals surface area contributed by atoms with Crippen molar-refractivity contribution in [3.63, 3.8) is 0 Å². The molecule has 0 saturated heterocycles. The molecule has 6 rings (SSSR count). The monoisotopic (exact) mass is 551 g/mol. The lowest BCUT2D eigenvalue weighted by Gasteiger charge is -2.30. The van der Waals surface area contributed by atoms with Gasteiger partial charge in [0.15, 0.2) is 0 Å². The van der Waals surface area contributed by atoms with E-state index in [9.17, 15) is 9.77 Å². The summed E-state index contributed by atoms with van der Waals surface area (Å²) >= 11 is 0. The number of quaternary nitrogens is 1. The smallest absolute Gasteiger partial charge is 0.626 e. The molecule has 40 heavy (non-hydrogen) atoms. The zero-order valence-corrected chi connectivity index (χ0v) is 23.8. The molecule has 0 amide bonds. The van der Waals surface area contributed by atoms with Gasteiger partial charge in [0.2, 0.25) is 0 Å². The van der Waals surface area contributed by atoms with Crippen LogP contribution in [-0.4, -0.2) is 7.05 Å². The molecule has 3 aromatic carbocycles. The van der Waals surface area contributed by atoms with Crippen LogP contribution in [0.15, 0.2) is 102 Å². The topological polar surface area (TPSA) is 63.0 Å². The molecule has 0 radical (unpaired) electrons. The van der Waals surface area contributed by atoms with Gasteiger partial charge in [0.1, 0.15) is 11.5 Å². The Bertz CT molecular complexity index is 1610. The molecule has 5 nitrogen and oxygen atoms in total. The van der Waals surface area contributed by atoms with Gasteiger partial charge in [0.05, 0.1) is 7.05 Å². The van der Waals surface area contributed by atoms with Crippen LogP contribution in [0, 0.1) is 11.1 Å². The molecule has 0 fully saturated rings.